The highest BCUT2D eigenvalue weighted by atomic mass is 32.2. The molecule has 1 aliphatic carbocycles. The molecule has 1 N–H and O–H groups in total. The molecule has 1 aliphatic rings. The molecule has 1 saturated carbocycles. The molecule has 7 heteroatoms. The molecule has 5 nitrogen and oxygen atoms in total. The maximum absolute atomic E-state index is 12.9. The van der Waals surface area contributed by atoms with Gasteiger partial charge in [-0.25, -0.2) is 22.5 Å². The van der Waals surface area contributed by atoms with Crippen molar-refractivity contribution < 1.29 is 12.8 Å². The lowest BCUT2D eigenvalue weighted by molar-refractivity contribution is 0.579. The van der Waals surface area contributed by atoms with Gasteiger partial charge < -0.3 is 4.90 Å². The van der Waals surface area contributed by atoms with Crippen molar-refractivity contribution in [2.24, 2.45) is 0 Å². The van der Waals surface area contributed by atoms with Gasteiger partial charge in [-0.15, -0.1) is 0 Å². The number of halogens is 1. The van der Waals surface area contributed by atoms with Crippen LogP contribution in [-0.4, -0.2) is 33.5 Å². The highest BCUT2D eigenvalue weighted by Gasteiger charge is 2.41. The van der Waals surface area contributed by atoms with Gasteiger partial charge in [0.2, 0.25) is 10.0 Å². The summed E-state index contributed by atoms with van der Waals surface area (Å²) in [5, 5.41) is 0. The van der Waals surface area contributed by atoms with Crippen LogP contribution in [0.1, 0.15) is 17.9 Å². The molecule has 0 saturated heterocycles. The zero-order chi connectivity index (χ0) is 16.6. The number of hydrogen-bond donors (Lipinski definition) is 1. The van der Waals surface area contributed by atoms with Crippen LogP contribution in [0.4, 0.5) is 10.2 Å². The molecule has 2 atom stereocenters. The first-order chi connectivity index (χ1) is 10.9. The van der Waals surface area contributed by atoms with E-state index in [1.165, 1.54) is 18.3 Å². The maximum atomic E-state index is 12.9. The van der Waals surface area contributed by atoms with Gasteiger partial charge in [0.25, 0.3) is 0 Å². The van der Waals surface area contributed by atoms with E-state index in [0.717, 1.165) is 5.56 Å². The molecule has 1 heterocycles. The van der Waals surface area contributed by atoms with E-state index in [1.54, 1.807) is 29.2 Å². The normalized spacial score (nSPS) is 20.3. The van der Waals surface area contributed by atoms with Gasteiger partial charge in [0.15, 0.2) is 0 Å². The maximum Gasteiger partial charge on any atom is 0.242 e. The molecular formula is C16H18FN3O2S. The second-order valence-corrected chi connectivity index (χ2v) is 7.58. The summed E-state index contributed by atoms with van der Waals surface area (Å²) in [5.41, 5.74) is 0.945. The Morgan fingerprint density at radius 3 is 2.43 bits per heavy atom. The van der Waals surface area contributed by atoms with Gasteiger partial charge in [0.05, 0.1) is 0 Å². The van der Waals surface area contributed by atoms with Crippen LogP contribution in [0.15, 0.2) is 47.5 Å². The molecule has 0 spiro atoms. The summed E-state index contributed by atoms with van der Waals surface area (Å²) in [4.78, 5) is 6.07. The Kier molecular flexibility index (Phi) is 4.08. The van der Waals surface area contributed by atoms with Crippen LogP contribution in [0, 0.1) is 5.82 Å². The van der Waals surface area contributed by atoms with Crippen molar-refractivity contribution in [3.05, 3.63) is 54.0 Å². The van der Waals surface area contributed by atoms with E-state index in [-0.39, 0.29) is 22.7 Å². The van der Waals surface area contributed by atoms with Crippen molar-refractivity contribution in [1.29, 1.82) is 0 Å². The molecule has 3 rings (SSSR count). The summed E-state index contributed by atoms with van der Waals surface area (Å²) >= 11 is 0. The summed E-state index contributed by atoms with van der Waals surface area (Å²) < 4.78 is 40.4. The lowest BCUT2D eigenvalue weighted by Gasteiger charge is -2.12. The van der Waals surface area contributed by atoms with Gasteiger partial charge in [-0.3, -0.25) is 0 Å². The average molecular weight is 335 g/mol. The molecule has 1 aromatic heterocycles. The molecule has 1 aromatic carbocycles. The van der Waals surface area contributed by atoms with Crippen molar-refractivity contribution in [2.75, 3.05) is 19.0 Å². The predicted molar refractivity (Wildman–Crippen MR) is 86.4 cm³/mol. The number of benzene rings is 1. The van der Waals surface area contributed by atoms with Crippen LogP contribution in [0.25, 0.3) is 0 Å². The fourth-order valence-electron chi connectivity index (χ4n) is 2.47. The number of aromatic nitrogens is 1. The van der Waals surface area contributed by atoms with Gasteiger partial charge in [0.1, 0.15) is 16.5 Å². The van der Waals surface area contributed by atoms with E-state index in [9.17, 15) is 12.8 Å². The van der Waals surface area contributed by atoms with Crippen molar-refractivity contribution in [1.82, 2.24) is 9.71 Å². The molecule has 0 aliphatic heterocycles. The highest BCUT2D eigenvalue weighted by Crippen LogP contribution is 2.41. The Bertz CT molecular complexity index is 789. The third-order valence-electron chi connectivity index (χ3n) is 3.88. The summed E-state index contributed by atoms with van der Waals surface area (Å²) in [7, 11) is 0.0854. The molecule has 23 heavy (non-hydrogen) atoms. The molecule has 1 fully saturated rings. The number of nitrogens with one attached hydrogen (secondary N) is 1. The van der Waals surface area contributed by atoms with Crippen molar-refractivity contribution in [2.45, 2.75) is 23.3 Å². The zero-order valence-corrected chi connectivity index (χ0v) is 13.7. The van der Waals surface area contributed by atoms with Crippen molar-refractivity contribution >= 4 is 15.8 Å². The van der Waals surface area contributed by atoms with E-state index in [2.05, 4.69) is 9.71 Å². The van der Waals surface area contributed by atoms with E-state index in [0.29, 0.717) is 12.2 Å². The minimum Gasteiger partial charge on any atom is -0.363 e. The lowest BCUT2D eigenvalue weighted by Crippen LogP contribution is -2.27. The standard InChI is InChI=1S/C16H18FN3O2S/c1-20(2)16-8-7-13(10-18-16)23(21,22)19-15-9-14(15)11-3-5-12(17)6-4-11/h3-8,10,14-15,19H,9H2,1-2H3/t14-,15+/m0/s1. The smallest absolute Gasteiger partial charge is 0.242 e. The molecule has 0 radical (unpaired) electrons. The number of anilines is 1. The monoisotopic (exact) mass is 335 g/mol. The van der Waals surface area contributed by atoms with Crippen LogP contribution in [0.2, 0.25) is 0 Å². The molecule has 2 aromatic rings. The minimum absolute atomic E-state index is 0.0967. The fourth-order valence-corrected chi connectivity index (χ4v) is 3.70. The highest BCUT2D eigenvalue weighted by molar-refractivity contribution is 7.89. The summed E-state index contributed by atoms with van der Waals surface area (Å²) in [6.07, 6.45) is 2.07. The SMILES string of the molecule is CN(C)c1ccc(S(=O)(=O)N[C@@H]2C[C@H]2c2ccc(F)cc2)cn1. The second kappa shape index (κ2) is 5.90. The molecule has 0 amide bonds. The Morgan fingerprint density at radius 2 is 1.87 bits per heavy atom. The van der Waals surface area contributed by atoms with Gasteiger partial charge in [-0.05, 0) is 36.2 Å². The van der Waals surface area contributed by atoms with Crippen LogP contribution >= 0.6 is 0 Å². The zero-order valence-electron chi connectivity index (χ0n) is 12.9. The molecular weight excluding hydrogens is 317 g/mol. The van der Waals surface area contributed by atoms with Crippen LogP contribution < -0.4 is 9.62 Å². The van der Waals surface area contributed by atoms with Crippen molar-refractivity contribution in [3.8, 4) is 0 Å². The van der Waals surface area contributed by atoms with Gasteiger partial charge >= 0.3 is 0 Å². The first-order valence-electron chi connectivity index (χ1n) is 7.28. The van der Waals surface area contributed by atoms with E-state index < -0.39 is 10.0 Å². The summed E-state index contributed by atoms with van der Waals surface area (Å²) in [6.45, 7) is 0. The average Bonchev–Trinajstić information content (AvgIpc) is 3.26. The summed E-state index contributed by atoms with van der Waals surface area (Å²) in [5.74, 6) is 0.498. The number of sulfonamides is 1. The Balaban J connectivity index is 1.69. The molecule has 0 bridgehead atoms. The number of rotatable bonds is 5. The van der Waals surface area contributed by atoms with Crippen LogP contribution in [0.5, 0.6) is 0 Å². The first-order valence-corrected chi connectivity index (χ1v) is 8.76. The van der Waals surface area contributed by atoms with E-state index in [1.807, 2.05) is 14.1 Å². The van der Waals surface area contributed by atoms with Gasteiger partial charge in [-0.1, -0.05) is 12.1 Å². The third kappa shape index (κ3) is 3.51. The topological polar surface area (TPSA) is 62.3 Å². The third-order valence-corrected chi connectivity index (χ3v) is 5.36. The minimum atomic E-state index is -3.59. The van der Waals surface area contributed by atoms with Crippen molar-refractivity contribution in [3.63, 3.8) is 0 Å². The number of hydrogen-bond acceptors (Lipinski definition) is 4. The fraction of sp³-hybridized carbons (Fsp3) is 0.312. The van der Waals surface area contributed by atoms with Crippen LogP contribution in [0.3, 0.4) is 0 Å². The first kappa shape index (κ1) is 15.9. The second-order valence-electron chi connectivity index (χ2n) is 5.87. The Hall–Kier alpha value is -1.99. The molecule has 122 valence electrons. The number of nitrogens with zero attached hydrogens (tertiary/aromatic N) is 2. The molecule has 0 unspecified atom stereocenters. The quantitative estimate of drug-likeness (QED) is 0.909. The van der Waals surface area contributed by atoms with Gasteiger partial charge in [-0.2, -0.15) is 0 Å². The summed E-state index contributed by atoms with van der Waals surface area (Å²) in [6, 6.07) is 9.23. The lowest BCUT2D eigenvalue weighted by atomic mass is 10.1. The van der Waals surface area contributed by atoms with Gasteiger partial charge in [0, 0.05) is 32.3 Å². The van der Waals surface area contributed by atoms with E-state index >= 15 is 0 Å². The predicted octanol–water partition coefficient (Wildman–Crippen LogP) is 2.12. The number of pyridine rings is 1. The Labute approximate surface area is 135 Å². The van der Waals surface area contributed by atoms with E-state index in [4.69, 9.17) is 0 Å². The largest absolute Gasteiger partial charge is 0.363 e. The Morgan fingerprint density at radius 1 is 1.17 bits per heavy atom. The van der Waals surface area contributed by atoms with Crippen LogP contribution in [-0.2, 0) is 10.0 Å².